The van der Waals surface area contributed by atoms with Crippen LogP contribution in [0.25, 0.3) is 0 Å². The molecule has 0 aromatic heterocycles. The summed E-state index contributed by atoms with van der Waals surface area (Å²) in [5.41, 5.74) is 0.808. The highest BCUT2D eigenvalue weighted by Gasteiger charge is 2.17. The lowest BCUT2D eigenvalue weighted by Gasteiger charge is -2.08. The van der Waals surface area contributed by atoms with Crippen molar-refractivity contribution in [3.63, 3.8) is 0 Å². The van der Waals surface area contributed by atoms with E-state index in [0.29, 0.717) is 0 Å². The third-order valence-corrected chi connectivity index (χ3v) is 1.82. The zero-order valence-electron chi connectivity index (χ0n) is 8.75. The Morgan fingerprint density at radius 3 is 2.50 bits per heavy atom. The van der Waals surface area contributed by atoms with Crippen molar-refractivity contribution in [2.24, 2.45) is 0 Å². The molecule has 0 fully saturated rings. The zero-order valence-corrected chi connectivity index (χ0v) is 8.75. The Morgan fingerprint density at radius 2 is 1.94 bits per heavy atom. The van der Waals surface area contributed by atoms with Crippen LogP contribution < -0.4 is 0 Å². The SMILES string of the molecule is C[C@H](OC(=O)OCc1ccccc1)C(=O)O. The van der Waals surface area contributed by atoms with Crippen LogP contribution in [0.5, 0.6) is 0 Å². The molecule has 0 aliphatic rings. The van der Waals surface area contributed by atoms with Crippen LogP contribution in [0, 0.1) is 0 Å². The average Bonchev–Trinajstić information content (AvgIpc) is 2.27. The summed E-state index contributed by atoms with van der Waals surface area (Å²) in [7, 11) is 0. The van der Waals surface area contributed by atoms with Crippen LogP contribution in [0.15, 0.2) is 30.3 Å². The van der Waals surface area contributed by atoms with E-state index in [-0.39, 0.29) is 6.61 Å². The standard InChI is InChI=1S/C11H12O5/c1-8(10(12)13)16-11(14)15-7-9-5-3-2-4-6-9/h2-6,8H,7H2,1H3,(H,12,13)/t8-/m0/s1. The molecule has 1 rings (SSSR count). The Labute approximate surface area is 92.6 Å². The summed E-state index contributed by atoms with van der Waals surface area (Å²) in [5.74, 6) is -1.21. The fourth-order valence-corrected chi connectivity index (χ4v) is 0.945. The summed E-state index contributed by atoms with van der Waals surface area (Å²) in [4.78, 5) is 21.4. The van der Waals surface area contributed by atoms with Crippen LogP contribution in [-0.4, -0.2) is 23.3 Å². The van der Waals surface area contributed by atoms with Gasteiger partial charge in [0.1, 0.15) is 6.61 Å². The molecule has 0 heterocycles. The predicted molar refractivity (Wildman–Crippen MR) is 54.8 cm³/mol. The van der Waals surface area contributed by atoms with Gasteiger partial charge in [-0.3, -0.25) is 0 Å². The van der Waals surface area contributed by atoms with Gasteiger partial charge >= 0.3 is 12.1 Å². The first-order valence-electron chi connectivity index (χ1n) is 4.69. The van der Waals surface area contributed by atoms with Gasteiger partial charge in [0.25, 0.3) is 0 Å². The number of aliphatic carboxylic acids is 1. The van der Waals surface area contributed by atoms with Gasteiger partial charge in [0.15, 0.2) is 6.10 Å². The summed E-state index contributed by atoms with van der Waals surface area (Å²) >= 11 is 0. The second-order valence-corrected chi connectivity index (χ2v) is 3.12. The topological polar surface area (TPSA) is 72.8 Å². The minimum Gasteiger partial charge on any atom is -0.479 e. The first-order chi connectivity index (χ1) is 7.59. The summed E-state index contributed by atoms with van der Waals surface area (Å²) in [6, 6.07) is 9.03. The molecule has 0 aliphatic heterocycles. The number of carbonyl (C=O) groups excluding carboxylic acids is 1. The second-order valence-electron chi connectivity index (χ2n) is 3.12. The number of rotatable bonds is 4. The van der Waals surface area contributed by atoms with Crippen molar-refractivity contribution in [2.75, 3.05) is 0 Å². The number of benzene rings is 1. The predicted octanol–water partition coefficient (Wildman–Crippen LogP) is 1.81. The molecule has 0 amide bonds. The number of carbonyl (C=O) groups is 2. The van der Waals surface area contributed by atoms with E-state index >= 15 is 0 Å². The van der Waals surface area contributed by atoms with Crippen LogP contribution in [0.4, 0.5) is 4.79 Å². The first kappa shape index (κ1) is 12.0. The number of hydrogen-bond donors (Lipinski definition) is 1. The molecule has 1 aromatic carbocycles. The maximum Gasteiger partial charge on any atom is 0.509 e. The Hall–Kier alpha value is -2.04. The maximum atomic E-state index is 11.0. The Morgan fingerprint density at radius 1 is 1.31 bits per heavy atom. The molecule has 0 bridgehead atoms. The molecule has 0 saturated carbocycles. The zero-order chi connectivity index (χ0) is 12.0. The normalized spacial score (nSPS) is 11.6. The van der Waals surface area contributed by atoms with Crippen LogP contribution in [0.1, 0.15) is 12.5 Å². The summed E-state index contributed by atoms with van der Waals surface area (Å²) in [5, 5.41) is 8.48. The smallest absolute Gasteiger partial charge is 0.479 e. The first-order valence-corrected chi connectivity index (χ1v) is 4.69. The van der Waals surface area contributed by atoms with E-state index in [4.69, 9.17) is 9.84 Å². The van der Waals surface area contributed by atoms with Crippen LogP contribution in [0.3, 0.4) is 0 Å². The Balaban J connectivity index is 2.33. The van der Waals surface area contributed by atoms with Crippen molar-refractivity contribution in [3.05, 3.63) is 35.9 Å². The number of hydrogen-bond acceptors (Lipinski definition) is 4. The third-order valence-electron chi connectivity index (χ3n) is 1.82. The number of carboxylic acids is 1. The van der Waals surface area contributed by atoms with Crippen molar-refractivity contribution in [3.8, 4) is 0 Å². The van der Waals surface area contributed by atoms with E-state index in [1.807, 2.05) is 18.2 Å². The van der Waals surface area contributed by atoms with Gasteiger partial charge in [-0.2, -0.15) is 0 Å². The monoisotopic (exact) mass is 224 g/mol. The highest BCUT2D eigenvalue weighted by Crippen LogP contribution is 2.02. The highest BCUT2D eigenvalue weighted by atomic mass is 16.7. The second kappa shape index (κ2) is 5.75. The highest BCUT2D eigenvalue weighted by molar-refractivity contribution is 5.75. The van der Waals surface area contributed by atoms with Crippen molar-refractivity contribution in [1.29, 1.82) is 0 Å². The van der Waals surface area contributed by atoms with Gasteiger partial charge in [0.2, 0.25) is 0 Å². The maximum absolute atomic E-state index is 11.0. The van der Waals surface area contributed by atoms with E-state index in [0.717, 1.165) is 5.56 Å². The van der Waals surface area contributed by atoms with Gasteiger partial charge in [0.05, 0.1) is 0 Å². The molecule has 16 heavy (non-hydrogen) atoms. The molecule has 1 aromatic rings. The van der Waals surface area contributed by atoms with E-state index in [1.165, 1.54) is 6.92 Å². The lowest BCUT2D eigenvalue weighted by Crippen LogP contribution is -2.24. The van der Waals surface area contributed by atoms with Gasteiger partial charge < -0.3 is 14.6 Å². The van der Waals surface area contributed by atoms with Crippen molar-refractivity contribution in [2.45, 2.75) is 19.6 Å². The summed E-state index contributed by atoms with van der Waals surface area (Å²) in [6.45, 7) is 1.32. The molecule has 5 nitrogen and oxygen atoms in total. The quantitative estimate of drug-likeness (QED) is 0.789. The van der Waals surface area contributed by atoms with Gasteiger partial charge in [-0.05, 0) is 12.5 Å². The van der Waals surface area contributed by atoms with E-state index in [2.05, 4.69) is 4.74 Å². The molecule has 0 spiro atoms. The van der Waals surface area contributed by atoms with Crippen LogP contribution in [-0.2, 0) is 20.9 Å². The number of carboxylic acid groups (broad SMARTS) is 1. The molecule has 1 atom stereocenters. The van der Waals surface area contributed by atoms with Crippen LogP contribution in [0.2, 0.25) is 0 Å². The van der Waals surface area contributed by atoms with Gasteiger partial charge in [-0.25, -0.2) is 9.59 Å². The van der Waals surface area contributed by atoms with E-state index in [1.54, 1.807) is 12.1 Å². The van der Waals surface area contributed by atoms with Crippen molar-refractivity contribution >= 4 is 12.1 Å². The molecular formula is C11H12O5. The lowest BCUT2D eigenvalue weighted by atomic mass is 10.2. The van der Waals surface area contributed by atoms with Crippen molar-refractivity contribution in [1.82, 2.24) is 0 Å². The van der Waals surface area contributed by atoms with Gasteiger partial charge in [0, 0.05) is 0 Å². The molecule has 1 N–H and O–H groups in total. The molecule has 0 radical (unpaired) electrons. The van der Waals surface area contributed by atoms with Gasteiger partial charge in [-0.1, -0.05) is 30.3 Å². The molecule has 86 valence electrons. The molecular weight excluding hydrogens is 212 g/mol. The van der Waals surface area contributed by atoms with Gasteiger partial charge in [-0.15, -0.1) is 0 Å². The molecule has 0 saturated heterocycles. The Kier molecular flexibility index (Phi) is 4.32. The third kappa shape index (κ3) is 4.00. The number of ether oxygens (including phenoxy) is 2. The lowest BCUT2D eigenvalue weighted by molar-refractivity contribution is -0.147. The van der Waals surface area contributed by atoms with Crippen LogP contribution >= 0.6 is 0 Å². The summed E-state index contributed by atoms with van der Waals surface area (Å²) in [6.07, 6.45) is -2.19. The molecule has 0 aliphatic carbocycles. The average molecular weight is 224 g/mol. The summed E-state index contributed by atoms with van der Waals surface area (Å²) < 4.78 is 9.20. The fourth-order valence-electron chi connectivity index (χ4n) is 0.945. The minimum atomic E-state index is -1.21. The largest absolute Gasteiger partial charge is 0.509 e. The Bertz CT molecular complexity index is 360. The van der Waals surface area contributed by atoms with Crippen molar-refractivity contribution < 1.29 is 24.2 Å². The molecule has 5 heteroatoms. The fraction of sp³-hybridized carbons (Fsp3) is 0.273. The van der Waals surface area contributed by atoms with E-state index < -0.39 is 18.2 Å². The molecule has 0 unspecified atom stereocenters. The van der Waals surface area contributed by atoms with E-state index in [9.17, 15) is 9.59 Å². The minimum absolute atomic E-state index is 0.0615.